The lowest BCUT2D eigenvalue weighted by molar-refractivity contribution is -0.122. The van der Waals surface area contributed by atoms with Gasteiger partial charge in [-0.25, -0.2) is 4.90 Å². The first-order valence-corrected chi connectivity index (χ1v) is 7.45. The largest absolute Gasteiger partial charge is 0.293 e. The van der Waals surface area contributed by atoms with Gasteiger partial charge in [-0.2, -0.15) is 0 Å². The lowest BCUT2D eigenvalue weighted by Crippen LogP contribution is -2.39. The summed E-state index contributed by atoms with van der Waals surface area (Å²) in [6, 6.07) is 8.50. The summed E-state index contributed by atoms with van der Waals surface area (Å²) in [4.78, 5) is 48.2. The van der Waals surface area contributed by atoms with Gasteiger partial charge in [0.25, 0.3) is 10.5 Å². The first kappa shape index (κ1) is 13.2. The summed E-state index contributed by atoms with van der Waals surface area (Å²) in [7, 11) is 0. The fourth-order valence-electron chi connectivity index (χ4n) is 2.00. The second kappa shape index (κ2) is 4.95. The van der Waals surface area contributed by atoms with Crippen molar-refractivity contribution in [2.75, 3.05) is 4.90 Å². The Hall–Kier alpha value is -1.80. The van der Waals surface area contributed by atoms with Crippen LogP contribution in [0.15, 0.2) is 30.3 Å². The number of thioether (sulfide) groups is 2. The zero-order valence-corrected chi connectivity index (χ0v) is 11.6. The van der Waals surface area contributed by atoms with Crippen molar-refractivity contribution in [3.05, 3.63) is 30.3 Å². The maximum absolute atomic E-state index is 12.3. The van der Waals surface area contributed by atoms with Gasteiger partial charge in [0.15, 0.2) is 0 Å². The molecule has 2 saturated heterocycles. The molecule has 0 bridgehead atoms. The van der Waals surface area contributed by atoms with Crippen molar-refractivity contribution in [1.82, 2.24) is 5.32 Å². The number of nitrogens with zero attached hydrogens (tertiary/aromatic N) is 1. The van der Waals surface area contributed by atoms with E-state index in [9.17, 15) is 19.2 Å². The Kier molecular flexibility index (Phi) is 3.27. The van der Waals surface area contributed by atoms with Gasteiger partial charge in [-0.3, -0.25) is 24.5 Å². The average Bonchev–Trinajstić information content (AvgIpc) is 2.90. The highest BCUT2D eigenvalue weighted by Gasteiger charge is 2.50. The maximum Gasteiger partial charge on any atom is 0.293 e. The number of carbonyl (C=O) groups is 4. The number of nitrogens with one attached hydrogen (secondary N) is 1. The van der Waals surface area contributed by atoms with Crippen LogP contribution in [-0.2, 0) is 9.59 Å². The quantitative estimate of drug-likeness (QED) is 0.893. The van der Waals surface area contributed by atoms with Crippen LogP contribution in [0, 0.1) is 0 Å². The van der Waals surface area contributed by atoms with Gasteiger partial charge in [0.2, 0.25) is 11.8 Å². The van der Waals surface area contributed by atoms with Crippen molar-refractivity contribution in [3.8, 4) is 0 Å². The molecule has 1 aromatic rings. The van der Waals surface area contributed by atoms with Crippen LogP contribution in [0.3, 0.4) is 0 Å². The van der Waals surface area contributed by atoms with Crippen molar-refractivity contribution >= 4 is 51.5 Å². The predicted molar refractivity (Wildman–Crippen MR) is 75.6 cm³/mol. The summed E-state index contributed by atoms with van der Waals surface area (Å²) < 4.78 is 0. The molecule has 0 radical (unpaired) electrons. The summed E-state index contributed by atoms with van der Waals surface area (Å²) in [6.07, 6.45) is 0. The molecular formula is C12H8N2O4S2. The number of carbonyl (C=O) groups excluding carboxylic acids is 4. The van der Waals surface area contributed by atoms with Gasteiger partial charge >= 0.3 is 0 Å². The van der Waals surface area contributed by atoms with E-state index in [1.807, 2.05) is 0 Å². The summed E-state index contributed by atoms with van der Waals surface area (Å²) in [5, 5.41) is -0.506. The molecule has 2 fully saturated rings. The molecule has 0 spiro atoms. The summed E-state index contributed by atoms with van der Waals surface area (Å²) in [5.74, 6) is -0.984. The molecule has 0 aliphatic carbocycles. The molecule has 6 nitrogen and oxygen atoms in total. The zero-order valence-electron chi connectivity index (χ0n) is 9.94. The van der Waals surface area contributed by atoms with Gasteiger partial charge in [-0.1, -0.05) is 18.2 Å². The van der Waals surface area contributed by atoms with Gasteiger partial charge in [-0.15, -0.1) is 0 Å². The van der Waals surface area contributed by atoms with Crippen LogP contribution in [-0.4, -0.2) is 32.8 Å². The monoisotopic (exact) mass is 308 g/mol. The van der Waals surface area contributed by atoms with E-state index in [4.69, 9.17) is 0 Å². The van der Waals surface area contributed by atoms with Crippen LogP contribution in [0.2, 0.25) is 0 Å². The molecule has 8 heteroatoms. The first-order chi connectivity index (χ1) is 9.58. The smallest absolute Gasteiger partial charge is 0.286 e. The van der Waals surface area contributed by atoms with E-state index in [0.29, 0.717) is 5.69 Å². The molecule has 102 valence electrons. The highest BCUT2D eigenvalue weighted by molar-refractivity contribution is 8.19. The molecule has 0 aromatic heterocycles. The number of anilines is 1. The molecule has 2 aliphatic heterocycles. The van der Waals surface area contributed by atoms with Crippen LogP contribution < -0.4 is 10.2 Å². The molecule has 0 saturated carbocycles. The minimum absolute atomic E-state index is 0.432. The number of para-hydroxylation sites is 1. The van der Waals surface area contributed by atoms with Crippen LogP contribution in [0.5, 0.6) is 0 Å². The van der Waals surface area contributed by atoms with E-state index < -0.39 is 32.8 Å². The molecule has 20 heavy (non-hydrogen) atoms. The average molecular weight is 308 g/mol. The standard InChI is InChI=1S/C12H8N2O4S2/c15-9-7(19-11(17)13-9)8-10(16)14(12(18)20-8)6-4-2-1-3-5-6/h1-5,7-8H,(H,13,15,17). The number of hydrogen-bond donors (Lipinski definition) is 1. The van der Waals surface area contributed by atoms with Gasteiger partial charge < -0.3 is 0 Å². The Labute approximate surface area is 122 Å². The fourth-order valence-corrected chi connectivity index (χ4v) is 4.10. The predicted octanol–water partition coefficient (Wildman–Crippen LogP) is 1.61. The van der Waals surface area contributed by atoms with E-state index in [1.54, 1.807) is 30.3 Å². The highest BCUT2D eigenvalue weighted by atomic mass is 32.2. The minimum atomic E-state index is -0.862. The van der Waals surface area contributed by atoms with Crippen LogP contribution >= 0.6 is 23.5 Å². The van der Waals surface area contributed by atoms with Crippen molar-refractivity contribution in [3.63, 3.8) is 0 Å². The van der Waals surface area contributed by atoms with Gasteiger partial charge in [0.05, 0.1) is 5.69 Å². The summed E-state index contributed by atoms with van der Waals surface area (Å²) in [6.45, 7) is 0. The lowest BCUT2D eigenvalue weighted by Gasteiger charge is -2.14. The normalized spacial score (nSPS) is 26.3. The molecule has 3 rings (SSSR count). The van der Waals surface area contributed by atoms with Gasteiger partial charge in [0.1, 0.15) is 10.5 Å². The van der Waals surface area contributed by atoms with Crippen molar-refractivity contribution in [2.24, 2.45) is 0 Å². The molecule has 1 N–H and O–H groups in total. The van der Waals surface area contributed by atoms with Crippen molar-refractivity contribution < 1.29 is 19.2 Å². The summed E-state index contributed by atoms with van der Waals surface area (Å²) in [5.41, 5.74) is 0.465. The van der Waals surface area contributed by atoms with Crippen LogP contribution in [0.25, 0.3) is 0 Å². The fraction of sp³-hybridized carbons (Fsp3) is 0.167. The van der Waals surface area contributed by atoms with E-state index in [0.717, 1.165) is 28.4 Å². The van der Waals surface area contributed by atoms with Crippen LogP contribution in [0.1, 0.15) is 0 Å². The van der Waals surface area contributed by atoms with Gasteiger partial charge in [0, 0.05) is 0 Å². The topological polar surface area (TPSA) is 83.6 Å². The molecule has 2 atom stereocenters. The Balaban J connectivity index is 1.88. The molecular weight excluding hydrogens is 300 g/mol. The minimum Gasteiger partial charge on any atom is -0.286 e. The molecule has 2 heterocycles. The number of amides is 4. The van der Waals surface area contributed by atoms with E-state index in [-0.39, 0.29) is 0 Å². The number of rotatable bonds is 2. The third-order valence-corrected chi connectivity index (χ3v) is 5.22. The van der Waals surface area contributed by atoms with Crippen LogP contribution in [0.4, 0.5) is 15.3 Å². The molecule has 2 unspecified atom stereocenters. The van der Waals surface area contributed by atoms with E-state index in [2.05, 4.69) is 5.32 Å². The number of hydrogen-bond acceptors (Lipinski definition) is 6. The maximum atomic E-state index is 12.3. The number of imide groups is 2. The Morgan fingerprint density at radius 2 is 1.65 bits per heavy atom. The van der Waals surface area contributed by atoms with E-state index >= 15 is 0 Å². The molecule has 4 amide bonds. The third kappa shape index (κ3) is 2.10. The zero-order chi connectivity index (χ0) is 14.3. The second-order valence-corrected chi connectivity index (χ2v) is 6.34. The Morgan fingerprint density at radius 3 is 2.25 bits per heavy atom. The molecule has 1 aromatic carbocycles. The Bertz CT molecular complexity index is 619. The first-order valence-electron chi connectivity index (χ1n) is 5.69. The van der Waals surface area contributed by atoms with E-state index in [1.165, 1.54) is 0 Å². The highest BCUT2D eigenvalue weighted by Crippen LogP contribution is 2.38. The lowest BCUT2D eigenvalue weighted by atomic mass is 10.2. The SMILES string of the molecule is O=C1NC(=O)C(C2SC(=O)N(c3ccccc3)C2=O)S1. The van der Waals surface area contributed by atoms with Gasteiger partial charge in [-0.05, 0) is 35.7 Å². The second-order valence-electron chi connectivity index (χ2n) is 4.13. The Morgan fingerprint density at radius 1 is 0.950 bits per heavy atom. The van der Waals surface area contributed by atoms with Crippen molar-refractivity contribution in [2.45, 2.75) is 10.5 Å². The summed E-state index contributed by atoms with van der Waals surface area (Å²) >= 11 is 1.54. The van der Waals surface area contributed by atoms with Crippen molar-refractivity contribution in [1.29, 1.82) is 0 Å². The molecule has 2 aliphatic rings. The number of benzene rings is 1. The third-order valence-electron chi connectivity index (χ3n) is 2.88.